The minimum atomic E-state index is -0.161. The van der Waals surface area contributed by atoms with E-state index in [0.717, 1.165) is 28.9 Å². The number of ether oxygens (including phenoxy) is 1. The van der Waals surface area contributed by atoms with Gasteiger partial charge in [0.2, 0.25) is 0 Å². The molecule has 0 radical (unpaired) electrons. The summed E-state index contributed by atoms with van der Waals surface area (Å²) in [6.45, 7) is 1.88. The maximum Gasteiger partial charge on any atom is 0.326 e. The predicted octanol–water partition coefficient (Wildman–Crippen LogP) is 2.39. The van der Waals surface area contributed by atoms with Gasteiger partial charge in [-0.1, -0.05) is 0 Å². The highest BCUT2D eigenvalue weighted by Gasteiger charge is 2.33. The maximum atomic E-state index is 12.4. The number of urea groups is 1. The van der Waals surface area contributed by atoms with Crippen LogP contribution in [0.15, 0.2) is 52.8 Å². The molecule has 7 nitrogen and oxygen atoms in total. The first-order valence-electron chi connectivity index (χ1n) is 8.56. The summed E-state index contributed by atoms with van der Waals surface area (Å²) < 4.78 is 4.75. The van der Waals surface area contributed by atoms with Gasteiger partial charge in [0.25, 0.3) is 0 Å². The van der Waals surface area contributed by atoms with E-state index in [1.54, 1.807) is 4.90 Å². The van der Waals surface area contributed by atoms with Crippen molar-refractivity contribution >= 4 is 29.6 Å². The quantitative estimate of drug-likeness (QED) is 0.848. The highest BCUT2D eigenvalue weighted by Crippen LogP contribution is 2.28. The van der Waals surface area contributed by atoms with E-state index < -0.39 is 0 Å². The summed E-state index contributed by atoms with van der Waals surface area (Å²) in [6, 6.07) is 7.48. The number of hydrogen-bond donors (Lipinski definition) is 1. The SMILES string of the molecule is COC(=O)C1CN(c2ccc(NC(=O)N3C=C4CC=NC=C4C3)cc2)C1. The number of methoxy groups -OCH3 is 1. The molecule has 3 aliphatic rings. The van der Waals surface area contributed by atoms with E-state index in [0.29, 0.717) is 19.6 Å². The molecule has 26 heavy (non-hydrogen) atoms. The lowest BCUT2D eigenvalue weighted by molar-refractivity contribution is -0.146. The number of anilines is 2. The van der Waals surface area contributed by atoms with Crippen molar-refractivity contribution in [2.75, 3.05) is 37.0 Å². The van der Waals surface area contributed by atoms with Crippen molar-refractivity contribution in [2.24, 2.45) is 10.9 Å². The number of aliphatic imine (C=N–C) groups is 1. The summed E-state index contributed by atoms with van der Waals surface area (Å²) in [5.74, 6) is -0.213. The highest BCUT2D eigenvalue weighted by atomic mass is 16.5. The van der Waals surface area contributed by atoms with Crippen LogP contribution in [-0.4, -0.2) is 49.9 Å². The average molecular weight is 352 g/mol. The van der Waals surface area contributed by atoms with Crippen molar-refractivity contribution in [2.45, 2.75) is 6.42 Å². The Kier molecular flexibility index (Phi) is 4.20. The monoisotopic (exact) mass is 352 g/mol. The third-order valence-corrected chi connectivity index (χ3v) is 4.87. The van der Waals surface area contributed by atoms with Crippen LogP contribution in [0.25, 0.3) is 0 Å². The zero-order chi connectivity index (χ0) is 18.1. The van der Waals surface area contributed by atoms with Gasteiger partial charge in [0.15, 0.2) is 0 Å². The van der Waals surface area contributed by atoms with Crippen LogP contribution in [0.2, 0.25) is 0 Å². The molecular formula is C19H20N4O3. The third kappa shape index (κ3) is 3.08. The minimum absolute atomic E-state index is 0.0515. The van der Waals surface area contributed by atoms with E-state index in [-0.39, 0.29) is 17.9 Å². The molecule has 0 saturated carbocycles. The standard InChI is InChI=1S/C19H20N4O3/c1-26-18(24)15-11-22(12-15)17-4-2-16(3-5-17)21-19(25)23-9-13-6-7-20-8-14(13)10-23/h2-5,7-9,15H,6,10-12H2,1H3,(H,21,25). The van der Waals surface area contributed by atoms with Crippen LogP contribution in [0, 0.1) is 5.92 Å². The maximum absolute atomic E-state index is 12.4. The summed E-state index contributed by atoms with van der Waals surface area (Å²) in [5.41, 5.74) is 4.00. The fraction of sp³-hybridized carbons (Fsp3) is 0.316. The zero-order valence-corrected chi connectivity index (χ0v) is 14.5. The number of nitrogens with one attached hydrogen (secondary N) is 1. The molecule has 0 atom stereocenters. The van der Waals surface area contributed by atoms with Gasteiger partial charge in [-0.3, -0.25) is 14.7 Å². The fourth-order valence-corrected chi connectivity index (χ4v) is 3.29. The molecule has 1 aromatic rings. The number of carbonyl (C=O) groups is 2. The lowest BCUT2D eigenvalue weighted by atomic mass is 9.99. The van der Waals surface area contributed by atoms with Gasteiger partial charge in [-0.05, 0) is 35.4 Å². The lowest BCUT2D eigenvalue weighted by Crippen LogP contribution is -2.50. The van der Waals surface area contributed by atoms with Crippen molar-refractivity contribution in [1.82, 2.24) is 4.90 Å². The van der Waals surface area contributed by atoms with Gasteiger partial charge in [-0.2, -0.15) is 0 Å². The van der Waals surface area contributed by atoms with Gasteiger partial charge in [0.05, 0.1) is 19.6 Å². The molecule has 3 aliphatic heterocycles. The largest absolute Gasteiger partial charge is 0.469 e. The smallest absolute Gasteiger partial charge is 0.326 e. The Morgan fingerprint density at radius 1 is 1.19 bits per heavy atom. The molecule has 0 aromatic heterocycles. The second-order valence-corrected chi connectivity index (χ2v) is 6.57. The van der Waals surface area contributed by atoms with E-state index in [1.807, 2.05) is 42.9 Å². The van der Waals surface area contributed by atoms with Gasteiger partial charge < -0.3 is 15.0 Å². The van der Waals surface area contributed by atoms with Crippen LogP contribution in [0.5, 0.6) is 0 Å². The molecule has 0 bridgehead atoms. The summed E-state index contributed by atoms with van der Waals surface area (Å²) in [7, 11) is 1.41. The van der Waals surface area contributed by atoms with Crippen molar-refractivity contribution in [3.05, 3.63) is 47.8 Å². The summed E-state index contributed by atoms with van der Waals surface area (Å²) in [4.78, 5) is 31.8. The summed E-state index contributed by atoms with van der Waals surface area (Å²) >= 11 is 0. The number of amides is 2. The molecule has 0 spiro atoms. The molecule has 0 aliphatic carbocycles. The first-order chi connectivity index (χ1) is 12.6. The van der Waals surface area contributed by atoms with Crippen LogP contribution in [0.1, 0.15) is 6.42 Å². The molecule has 1 saturated heterocycles. The Morgan fingerprint density at radius 3 is 2.65 bits per heavy atom. The Balaban J connectivity index is 1.33. The van der Waals surface area contributed by atoms with Crippen LogP contribution in [0.4, 0.5) is 16.2 Å². The molecule has 7 heteroatoms. The molecule has 1 N–H and O–H groups in total. The molecule has 4 rings (SSSR count). The third-order valence-electron chi connectivity index (χ3n) is 4.87. The van der Waals surface area contributed by atoms with E-state index in [2.05, 4.69) is 15.2 Å². The second kappa shape index (κ2) is 6.67. The molecule has 3 heterocycles. The van der Waals surface area contributed by atoms with Crippen molar-refractivity contribution in [3.63, 3.8) is 0 Å². The van der Waals surface area contributed by atoms with Crippen molar-refractivity contribution in [1.29, 1.82) is 0 Å². The lowest BCUT2D eigenvalue weighted by Gasteiger charge is -2.39. The van der Waals surface area contributed by atoms with Crippen LogP contribution in [-0.2, 0) is 9.53 Å². The van der Waals surface area contributed by atoms with Gasteiger partial charge in [-0.25, -0.2) is 4.79 Å². The number of esters is 1. The second-order valence-electron chi connectivity index (χ2n) is 6.57. The molecule has 134 valence electrons. The summed E-state index contributed by atoms with van der Waals surface area (Å²) in [5, 5.41) is 2.91. The Morgan fingerprint density at radius 2 is 1.96 bits per heavy atom. The number of carbonyl (C=O) groups excluding carboxylic acids is 2. The molecule has 1 fully saturated rings. The Hall–Kier alpha value is -3.09. The van der Waals surface area contributed by atoms with Crippen molar-refractivity contribution < 1.29 is 14.3 Å². The van der Waals surface area contributed by atoms with Crippen molar-refractivity contribution in [3.8, 4) is 0 Å². The topological polar surface area (TPSA) is 74.2 Å². The number of hydrogen-bond acceptors (Lipinski definition) is 5. The van der Waals surface area contributed by atoms with E-state index in [9.17, 15) is 9.59 Å². The first-order valence-corrected chi connectivity index (χ1v) is 8.56. The van der Waals surface area contributed by atoms with E-state index in [1.165, 1.54) is 7.11 Å². The van der Waals surface area contributed by atoms with Crippen LogP contribution >= 0.6 is 0 Å². The van der Waals surface area contributed by atoms with Crippen LogP contribution in [0.3, 0.4) is 0 Å². The highest BCUT2D eigenvalue weighted by molar-refractivity contribution is 5.91. The number of benzene rings is 1. The van der Waals surface area contributed by atoms with Gasteiger partial charge in [0.1, 0.15) is 0 Å². The molecular weight excluding hydrogens is 332 g/mol. The fourth-order valence-electron chi connectivity index (χ4n) is 3.29. The number of rotatable bonds is 3. The van der Waals surface area contributed by atoms with E-state index >= 15 is 0 Å². The molecule has 2 amide bonds. The Bertz CT molecular complexity index is 820. The van der Waals surface area contributed by atoms with Gasteiger partial charge in [-0.15, -0.1) is 0 Å². The first kappa shape index (κ1) is 16.4. The number of fused-ring (bicyclic) bond motifs is 1. The van der Waals surface area contributed by atoms with E-state index in [4.69, 9.17) is 4.74 Å². The van der Waals surface area contributed by atoms with Gasteiger partial charge >= 0.3 is 12.0 Å². The van der Waals surface area contributed by atoms with Gasteiger partial charge in [0, 0.05) is 49.5 Å². The molecule has 0 unspecified atom stereocenters. The minimum Gasteiger partial charge on any atom is -0.469 e. The summed E-state index contributed by atoms with van der Waals surface area (Å²) in [6.07, 6.45) is 6.31. The average Bonchev–Trinajstić information content (AvgIpc) is 3.06. The zero-order valence-electron chi connectivity index (χ0n) is 14.5. The normalized spacial score (nSPS) is 18.7. The number of nitrogens with zero attached hydrogens (tertiary/aromatic N) is 3. The predicted molar refractivity (Wildman–Crippen MR) is 99.2 cm³/mol. The Labute approximate surface area is 151 Å². The van der Waals surface area contributed by atoms with Crippen LogP contribution < -0.4 is 10.2 Å². The molecule has 1 aromatic carbocycles.